The Kier molecular flexibility index (Phi) is 4.56. The molecule has 0 aliphatic heterocycles. The zero-order valence-corrected chi connectivity index (χ0v) is 9.53. The Hall–Kier alpha value is -0.400. The molecular weight excluding hydrogens is 239 g/mol. The van der Waals surface area contributed by atoms with Gasteiger partial charge in [-0.15, -0.1) is 11.8 Å². The third-order valence-electron chi connectivity index (χ3n) is 1.48. The highest BCUT2D eigenvalue weighted by atomic mass is 35.5. The Morgan fingerprint density at radius 1 is 1.50 bits per heavy atom. The van der Waals surface area contributed by atoms with Crippen molar-refractivity contribution in [3.8, 4) is 6.07 Å². The minimum Gasteiger partial charge on any atom is -0.315 e. The average molecular weight is 247 g/mol. The molecule has 1 aromatic rings. The summed E-state index contributed by atoms with van der Waals surface area (Å²) in [6.07, 6.45) is 0. The number of benzene rings is 1. The third-order valence-corrected chi connectivity index (χ3v) is 3.33. The largest absolute Gasteiger partial charge is 0.315 e. The van der Waals surface area contributed by atoms with Gasteiger partial charge in [0.2, 0.25) is 0 Å². The summed E-state index contributed by atoms with van der Waals surface area (Å²) in [4.78, 5) is 0.891. The van der Waals surface area contributed by atoms with Crippen LogP contribution in [0.2, 0.25) is 10.0 Å². The van der Waals surface area contributed by atoms with Crippen molar-refractivity contribution in [3.63, 3.8) is 0 Å². The Labute approximate surface area is 97.0 Å². The van der Waals surface area contributed by atoms with E-state index in [4.69, 9.17) is 34.2 Å². The zero-order chi connectivity index (χ0) is 10.6. The predicted octanol–water partition coefficient (Wildman–Crippen LogP) is 2.94. The van der Waals surface area contributed by atoms with Crippen LogP contribution < -0.4 is 5.73 Å². The van der Waals surface area contributed by atoms with Gasteiger partial charge in [-0.1, -0.05) is 23.2 Å². The maximum absolute atomic E-state index is 8.48. The summed E-state index contributed by atoms with van der Waals surface area (Å²) in [5.74, 6) is 0.526. The van der Waals surface area contributed by atoms with Crippen molar-refractivity contribution < 1.29 is 0 Å². The van der Waals surface area contributed by atoms with E-state index in [1.54, 1.807) is 12.1 Å². The molecule has 0 heterocycles. The van der Waals surface area contributed by atoms with Crippen molar-refractivity contribution in [3.05, 3.63) is 28.2 Å². The van der Waals surface area contributed by atoms with E-state index >= 15 is 0 Å². The van der Waals surface area contributed by atoms with E-state index in [2.05, 4.69) is 0 Å². The lowest BCUT2D eigenvalue weighted by Crippen LogP contribution is -2.19. The van der Waals surface area contributed by atoms with Gasteiger partial charge in [0, 0.05) is 15.7 Å². The minimum absolute atomic E-state index is 0.466. The quantitative estimate of drug-likeness (QED) is 0.835. The molecule has 1 unspecified atom stereocenters. The molecule has 1 atom stereocenters. The Balaban J connectivity index is 2.64. The SMILES string of the molecule is N#CC(N)CSc1ccc(Cl)cc1Cl. The Morgan fingerprint density at radius 2 is 2.21 bits per heavy atom. The normalized spacial score (nSPS) is 12.1. The van der Waals surface area contributed by atoms with Crippen LogP contribution >= 0.6 is 35.0 Å². The highest BCUT2D eigenvalue weighted by Gasteiger charge is 2.05. The maximum Gasteiger partial charge on any atom is 0.102 e. The summed E-state index contributed by atoms with van der Waals surface area (Å²) in [5.41, 5.74) is 5.45. The van der Waals surface area contributed by atoms with Gasteiger partial charge in [-0.3, -0.25) is 0 Å². The van der Waals surface area contributed by atoms with E-state index in [1.165, 1.54) is 11.8 Å². The Morgan fingerprint density at radius 3 is 2.79 bits per heavy atom. The summed E-state index contributed by atoms with van der Waals surface area (Å²) in [7, 11) is 0. The van der Waals surface area contributed by atoms with Crippen molar-refractivity contribution >= 4 is 35.0 Å². The van der Waals surface area contributed by atoms with Gasteiger partial charge in [0.25, 0.3) is 0 Å². The number of hydrogen-bond donors (Lipinski definition) is 1. The average Bonchev–Trinajstić information content (AvgIpc) is 2.16. The van der Waals surface area contributed by atoms with Crippen LogP contribution in [-0.4, -0.2) is 11.8 Å². The lowest BCUT2D eigenvalue weighted by molar-refractivity contribution is 0.953. The number of halogens is 2. The summed E-state index contributed by atoms with van der Waals surface area (Å²) in [5, 5.41) is 9.68. The smallest absolute Gasteiger partial charge is 0.102 e. The lowest BCUT2D eigenvalue weighted by atomic mass is 10.4. The first-order valence-corrected chi connectivity index (χ1v) is 5.60. The van der Waals surface area contributed by atoms with E-state index in [0.29, 0.717) is 15.8 Å². The van der Waals surface area contributed by atoms with Crippen molar-refractivity contribution in [2.24, 2.45) is 5.73 Å². The second-order valence-corrected chi connectivity index (χ2v) is 4.53. The van der Waals surface area contributed by atoms with E-state index in [9.17, 15) is 0 Å². The van der Waals surface area contributed by atoms with Gasteiger partial charge in [0.05, 0.1) is 11.1 Å². The fraction of sp³-hybridized carbons (Fsp3) is 0.222. The van der Waals surface area contributed by atoms with Crippen molar-refractivity contribution in [1.82, 2.24) is 0 Å². The van der Waals surface area contributed by atoms with E-state index in [-0.39, 0.29) is 0 Å². The van der Waals surface area contributed by atoms with Crippen molar-refractivity contribution in [2.75, 3.05) is 5.75 Å². The zero-order valence-electron chi connectivity index (χ0n) is 7.21. The molecule has 74 valence electrons. The molecule has 5 heteroatoms. The van der Waals surface area contributed by atoms with Crippen LogP contribution in [0.5, 0.6) is 0 Å². The van der Waals surface area contributed by atoms with Crippen LogP contribution in [0.25, 0.3) is 0 Å². The van der Waals surface area contributed by atoms with Gasteiger partial charge in [-0.05, 0) is 18.2 Å². The first-order chi connectivity index (χ1) is 6.63. The van der Waals surface area contributed by atoms with Gasteiger partial charge < -0.3 is 5.73 Å². The monoisotopic (exact) mass is 246 g/mol. The van der Waals surface area contributed by atoms with Gasteiger partial charge in [0.15, 0.2) is 0 Å². The molecule has 0 saturated heterocycles. The molecule has 1 aromatic carbocycles. The van der Waals surface area contributed by atoms with Crippen molar-refractivity contribution in [2.45, 2.75) is 10.9 Å². The van der Waals surface area contributed by atoms with Crippen LogP contribution in [0.15, 0.2) is 23.1 Å². The summed E-state index contributed by atoms with van der Waals surface area (Å²) in [6.45, 7) is 0. The topological polar surface area (TPSA) is 49.8 Å². The number of rotatable bonds is 3. The minimum atomic E-state index is -0.466. The molecule has 0 aromatic heterocycles. The molecule has 0 amide bonds. The molecule has 0 aliphatic rings. The van der Waals surface area contributed by atoms with Crippen molar-refractivity contribution in [1.29, 1.82) is 5.26 Å². The van der Waals surface area contributed by atoms with E-state index in [0.717, 1.165) is 4.90 Å². The van der Waals surface area contributed by atoms with Gasteiger partial charge in [-0.2, -0.15) is 5.26 Å². The second kappa shape index (κ2) is 5.47. The van der Waals surface area contributed by atoms with E-state index in [1.807, 2.05) is 12.1 Å². The summed E-state index contributed by atoms with van der Waals surface area (Å²) in [6, 6.07) is 6.73. The fourth-order valence-electron chi connectivity index (χ4n) is 0.809. The highest BCUT2D eigenvalue weighted by molar-refractivity contribution is 7.99. The maximum atomic E-state index is 8.48. The molecule has 0 saturated carbocycles. The first kappa shape index (κ1) is 11.7. The molecule has 2 N–H and O–H groups in total. The molecule has 1 rings (SSSR count). The predicted molar refractivity (Wildman–Crippen MR) is 60.8 cm³/mol. The summed E-state index contributed by atoms with van der Waals surface area (Å²) >= 11 is 13.1. The van der Waals surface area contributed by atoms with Gasteiger partial charge in [-0.25, -0.2) is 0 Å². The number of thioether (sulfide) groups is 1. The second-order valence-electron chi connectivity index (χ2n) is 2.62. The number of nitrogens with two attached hydrogens (primary N) is 1. The standard InChI is InChI=1S/C9H8Cl2N2S/c10-6-1-2-9(8(11)3-6)14-5-7(13)4-12/h1-3,7H,5,13H2. The first-order valence-electron chi connectivity index (χ1n) is 3.86. The molecule has 14 heavy (non-hydrogen) atoms. The fourth-order valence-corrected chi connectivity index (χ4v) is 2.18. The molecule has 0 fully saturated rings. The van der Waals surface area contributed by atoms with Crippen LogP contribution in [0.1, 0.15) is 0 Å². The number of nitriles is 1. The van der Waals surface area contributed by atoms with Gasteiger partial charge in [0.1, 0.15) is 6.04 Å². The van der Waals surface area contributed by atoms with E-state index < -0.39 is 6.04 Å². The van der Waals surface area contributed by atoms with Crippen LogP contribution in [0.4, 0.5) is 0 Å². The Bertz CT molecular complexity index is 362. The van der Waals surface area contributed by atoms with Crippen LogP contribution in [0.3, 0.4) is 0 Å². The molecular formula is C9H8Cl2N2S. The van der Waals surface area contributed by atoms with Crippen LogP contribution in [0, 0.1) is 11.3 Å². The molecule has 0 radical (unpaired) electrons. The number of hydrogen-bond acceptors (Lipinski definition) is 3. The van der Waals surface area contributed by atoms with Crippen LogP contribution in [-0.2, 0) is 0 Å². The number of nitrogens with zero attached hydrogens (tertiary/aromatic N) is 1. The van der Waals surface area contributed by atoms with Gasteiger partial charge >= 0.3 is 0 Å². The molecule has 0 spiro atoms. The summed E-state index contributed by atoms with van der Waals surface area (Å²) < 4.78 is 0. The lowest BCUT2D eigenvalue weighted by Gasteiger charge is -2.05. The third kappa shape index (κ3) is 3.39. The highest BCUT2D eigenvalue weighted by Crippen LogP contribution is 2.29. The molecule has 0 aliphatic carbocycles. The molecule has 0 bridgehead atoms. The molecule has 2 nitrogen and oxygen atoms in total.